The van der Waals surface area contributed by atoms with Crippen LogP contribution in [0.2, 0.25) is 0 Å². The quantitative estimate of drug-likeness (QED) is 0.630. The Labute approximate surface area is 170 Å². The van der Waals surface area contributed by atoms with Gasteiger partial charge in [-0.1, -0.05) is 53.7 Å². The SMILES string of the molecule is Cc1noc(C)c1COc1ccccc1C(=O)N1CC=C(c2ccccc2)CC1. The van der Waals surface area contributed by atoms with Crippen molar-refractivity contribution in [3.05, 3.63) is 88.8 Å². The van der Waals surface area contributed by atoms with E-state index in [1.807, 2.05) is 61.2 Å². The van der Waals surface area contributed by atoms with Gasteiger partial charge in [0.2, 0.25) is 0 Å². The standard InChI is InChI=1S/C24H24N2O3/c1-17-22(18(2)29-25-17)16-28-23-11-7-6-10-21(23)24(27)26-14-12-20(13-15-26)19-8-4-3-5-9-19/h3-12H,13-16H2,1-2H3. The number of carbonyl (C=O) groups excluding carboxylic acids is 1. The Bertz CT molecular complexity index is 1020. The summed E-state index contributed by atoms with van der Waals surface area (Å²) in [6.07, 6.45) is 2.99. The summed E-state index contributed by atoms with van der Waals surface area (Å²) >= 11 is 0. The molecule has 0 aliphatic carbocycles. The number of carbonyl (C=O) groups is 1. The molecule has 0 unspecified atom stereocenters. The highest BCUT2D eigenvalue weighted by atomic mass is 16.5. The molecule has 29 heavy (non-hydrogen) atoms. The zero-order valence-electron chi connectivity index (χ0n) is 16.7. The van der Waals surface area contributed by atoms with Crippen LogP contribution in [0.4, 0.5) is 0 Å². The van der Waals surface area contributed by atoms with Crippen molar-refractivity contribution in [3.63, 3.8) is 0 Å². The van der Waals surface area contributed by atoms with E-state index in [-0.39, 0.29) is 5.91 Å². The number of nitrogens with zero attached hydrogens (tertiary/aromatic N) is 2. The molecule has 3 aromatic rings. The number of benzene rings is 2. The van der Waals surface area contributed by atoms with Gasteiger partial charge in [-0.25, -0.2) is 0 Å². The van der Waals surface area contributed by atoms with E-state index in [0.717, 1.165) is 23.4 Å². The second-order valence-corrected chi connectivity index (χ2v) is 7.18. The van der Waals surface area contributed by atoms with Gasteiger partial charge in [-0.3, -0.25) is 4.79 Å². The number of aromatic nitrogens is 1. The molecule has 1 aliphatic rings. The lowest BCUT2D eigenvalue weighted by Gasteiger charge is -2.27. The Hall–Kier alpha value is -3.34. The second kappa shape index (κ2) is 8.35. The minimum atomic E-state index is -0.0114. The lowest BCUT2D eigenvalue weighted by atomic mass is 9.99. The molecule has 0 bridgehead atoms. The number of rotatable bonds is 5. The van der Waals surface area contributed by atoms with Crippen LogP contribution in [0.3, 0.4) is 0 Å². The molecule has 1 aliphatic heterocycles. The summed E-state index contributed by atoms with van der Waals surface area (Å²) in [6, 6.07) is 17.7. The Morgan fingerprint density at radius 1 is 1.10 bits per heavy atom. The molecule has 4 rings (SSSR count). The molecule has 2 heterocycles. The van der Waals surface area contributed by atoms with Crippen molar-refractivity contribution < 1.29 is 14.1 Å². The maximum atomic E-state index is 13.1. The van der Waals surface area contributed by atoms with E-state index in [0.29, 0.717) is 31.0 Å². The summed E-state index contributed by atoms with van der Waals surface area (Å²) in [7, 11) is 0. The normalized spacial score (nSPS) is 13.9. The third-order valence-electron chi connectivity index (χ3n) is 5.31. The van der Waals surface area contributed by atoms with Gasteiger partial charge in [-0.2, -0.15) is 0 Å². The van der Waals surface area contributed by atoms with Gasteiger partial charge in [0.15, 0.2) is 0 Å². The lowest BCUT2D eigenvalue weighted by Crippen LogP contribution is -2.34. The summed E-state index contributed by atoms with van der Waals surface area (Å²) in [6.45, 7) is 5.36. The van der Waals surface area contributed by atoms with Crippen LogP contribution in [0.15, 0.2) is 65.2 Å². The van der Waals surface area contributed by atoms with Crippen molar-refractivity contribution in [2.24, 2.45) is 0 Å². The summed E-state index contributed by atoms with van der Waals surface area (Å²) in [5, 5.41) is 3.95. The molecular weight excluding hydrogens is 364 g/mol. The largest absolute Gasteiger partial charge is 0.488 e. The predicted octanol–water partition coefficient (Wildman–Crippen LogP) is 4.80. The molecule has 0 saturated carbocycles. The highest BCUT2D eigenvalue weighted by Crippen LogP contribution is 2.26. The topological polar surface area (TPSA) is 55.6 Å². The smallest absolute Gasteiger partial charge is 0.257 e. The number of amides is 1. The van der Waals surface area contributed by atoms with E-state index < -0.39 is 0 Å². The van der Waals surface area contributed by atoms with Crippen LogP contribution >= 0.6 is 0 Å². The van der Waals surface area contributed by atoms with Gasteiger partial charge in [0.25, 0.3) is 5.91 Å². The zero-order valence-corrected chi connectivity index (χ0v) is 16.7. The van der Waals surface area contributed by atoms with Crippen LogP contribution < -0.4 is 4.74 Å². The van der Waals surface area contributed by atoms with Crippen molar-refractivity contribution in [1.29, 1.82) is 0 Å². The van der Waals surface area contributed by atoms with E-state index >= 15 is 0 Å². The molecule has 1 aromatic heterocycles. The first kappa shape index (κ1) is 19.0. The molecule has 0 fully saturated rings. The first-order valence-corrected chi connectivity index (χ1v) is 9.81. The Balaban J connectivity index is 1.48. The summed E-state index contributed by atoms with van der Waals surface area (Å²) in [5.41, 5.74) is 4.82. The summed E-state index contributed by atoms with van der Waals surface area (Å²) < 4.78 is 11.2. The predicted molar refractivity (Wildman–Crippen MR) is 112 cm³/mol. The van der Waals surface area contributed by atoms with Crippen molar-refractivity contribution in [2.45, 2.75) is 26.9 Å². The van der Waals surface area contributed by atoms with Crippen molar-refractivity contribution in [1.82, 2.24) is 10.1 Å². The minimum Gasteiger partial charge on any atom is -0.488 e. The van der Waals surface area contributed by atoms with Gasteiger partial charge in [0.05, 0.1) is 16.8 Å². The van der Waals surface area contributed by atoms with Gasteiger partial charge in [-0.15, -0.1) is 0 Å². The molecule has 0 N–H and O–H groups in total. The number of ether oxygens (including phenoxy) is 1. The van der Waals surface area contributed by atoms with Crippen molar-refractivity contribution >= 4 is 11.5 Å². The maximum absolute atomic E-state index is 13.1. The third-order valence-corrected chi connectivity index (χ3v) is 5.31. The van der Waals surface area contributed by atoms with Gasteiger partial charge < -0.3 is 14.2 Å². The molecular formula is C24H24N2O3. The summed E-state index contributed by atoms with van der Waals surface area (Å²) in [4.78, 5) is 15.0. The molecule has 1 amide bonds. The van der Waals surface area contributed by atoms with E-state index in [1.54, 1.807) is 0 Å². The molecule has 5 heteroatoms. The van der Waals surface area contributed by atoms with Crippen LogP contribution in [0.25, 0.3) is 5.57 Å². The number of aryl methyl sites for hydroxylation is 2. The van der Waals surface area contributed by atoms with E-state index in [2.05, 4.69) is 23.4 Å². The molecule has 148 valence electrons. The van der Waals surface area contributed by atoms with Gasteiger partial charge >= 0.3 is 0 Å². The van der Waals surface area contributed by atoms with Crippen molar-refractivity contribution in [2.75, 3.05) is 13.1 Å². The number of hydrogen-bond acceptors (Lipinski definition) is 4. The Morgan fingerprint density at radius 2 is 1.86 bits per heavy atom. The fourth-order valence-electron chi connectivity index (χ4n) is 3.57. The average molecular weight is 388 g/mol. The van der Waals surface area contributed by atoms with Crippen LogP contribution in [0, 0.1) is 13.8 Å². The molecule has 0 radical (unpaired) electrons. The first-order valence-electron chi connectivity index (χ1n) is 9.81. The molecule has 0 atom stereocenters. The molecule has 0 spiro atoms. The second-order valence-electron chi connectivity index (χ2n) is 7.18. The third kappa shape index (κ3) is 4.09. The van der Waals surface area contributed by atoms with Crippen LogP contribution in [0.5, 0.6) is 5.75 Å². The molecule has 2 aromatic carbocycles. The minimum absolute atomic E-state index is 0.0114. The van der Waals surface area contributed by atoms with Crippen LogP contribution in [-0.4, -0.2) is 29.1 Å². The fourth-order valence-corrected chi connectivity index (χ4v) is 3.57. The monoisotopic (exact) mass is 388 g/mol. The molecule has 5 nitrogen and oxygen atoms in total. The number of para-hydroxylation sites is 1. The maximum Gasteiger partial charge on any atom is 0.257 e. The zero-order chi connectivity index (χ0) is 20.2. The Morgan fingerprint density at radius 3 is 2.55 bits per heavy atom. The van der Waals surface area contributed by atoms with E-state index in [4.69, 9.17) is 9.26 Å². The number of hydrogen-bond donors (Lipinski definition) is 0. The lowest BCUT2D eigenvalue weighted by molar-refractivity contribution is 0.0768. The van der Waals surface area contributed by atoms with E-state index in [1.165, 1.54) is 11.1 Å². The highest BCUT2D eigenvalue weighted by Gasteiger charge is 2.22. The van der Waals surface area contributed by atoms with Gasteiger partial charge in [-0.05, 0) is 43.5 Å². The van der Waals surface area contributed by atoms with Crippen LogP contribution in [0.1, 0.15) is 39.4 Å². The summed E-state index contributed by atoms with van der Waals surface area (Å²) in [5.74, 6) is 1.30. The first-order chi connectivity index (χ1) is 14.1. The fraction of sp³-hybridized carbons (Fsp3) is 0.250. The van der Waals surface area contributed by atoms with Crippen LogP contribution in [-0.2, 0) is 6.61 Å². The Kier molecular flexibility index (Phi) is 5.47. The van der Waals surface area contributed by atoms with Crippen molar-refractivity contribution in [3.8, 4) is 5.75 Å². The average Bonchev–Trinajstić information content (AvgIpc) is 3.10. The van der Waals surface area contributed by atoms with E-state index in [9.17, 15) is 4.79 Å². The van der Waals surface area contributed by atoms with Gasteiger partial charge in [0.1, 0.15) is 18.1 Å². The molecule has 0 saturated heterocycles. The van der Waals surface area contributed by atoms with Gasteiger partial charge in [0, 0.05) is 13.1 Å². The highest BCUT2D eigenvalue weighted by molar-refractivity contribution is 5.97.